The zero-order valence-electron chi connectivity index (χ0n) is 8.72. The van der Waals surface area contributed by atoms with Gasteiger partial charge in [0, 0.05) is 16.9 Å². The van der Waals surface area contributed by atoms with Gasteiger partial charge < -0.3 is 11.1 Å². The standard InChI is InChI=1S/C12H18N2/c1-2-12(8-3-9-12)14-11-6-4-10(13)5-7-11/h4-7,14H,2-3,8-9,13H2,1H3. The molecule has 2 nitrogen and oxygen atoms in total. The average molecular weight is 190 g/mol. The van der Waals surface area contributed by atoms with Crippen LogP contribution < -0.4 is 11.1 Å². The van der Waals surface area contributed by atoms with Crippen molar-refractivity contribution in [2.24, 2.45) is 0 Å². The second-order valence-corrected chi connectivity index (χ2v) is 4.23. The lowest BCUT2D eigenvalue weighted by Crippen LogP contribution is -2.44. The molecule has 1 aliphatic carbocycles. The molecule has 0 radical (unpaired) electrons. The van der Waals surface area contributed by atoms with Crippen molar-refractivity contribution >= 4 is 11.4 Å². The Morgan fingerprint density at radius 2 is 1.93 bits per heavy atom. The van der Waals surface area contributed by atoms with E-state index in [0.717, 1.165) is 5.69 Å². The first-order valence-electron chi connectivity index (χ1n) is 5.38. The van der Waals surface area contributed by atoms with Gasteiger partial charge in [0.1, 0.15) is 0 Å². The molecule has 0 spiro atoms. The number of benzene rings is 1. The summed E-state index contributed by atoms with van der Waals surface area (Å²) in [4.78, 5) is 0. The SMILES string of the molecule is CCC1(Nc2ccc(N)cc2)CCC1. The molecule has 0 atom stereocenters. The number of nitrogen functional groups attached to an aromatic ring is 1. The van der Waals surface area contributed by atoms with Gasteiger partial charge >= 0.3 is 0 Å². The maximum atomic E-state index is 5.64. The maximum absolute atomic E-state index is 5.64. The van der Waals surface area contributed by atoms with Crippen LogP contribution in [0.5, 0.6) is 0 Å². The zero-order chi connectivity index (χ0) is 10.0. The topological polar surface area (TPSA) is 38.0 Å². The van der Waals surface area contributed by atoms with Crippen molar-refractivity contribution in [1.82, 2.24) is 0 Å². The lowest BCUT2D eigenvalue weighted by atomic mass is 9.74. The second kappa shape index (κ2) is 3.52. The van der Waals surface area contributed by atoms with Gasteiger partial charge in [-0.25, -0.2) is 0 Å². The highest BCUT2D eigenvalue weighted by molar-refractivity contribution is 5.52. The summed E-state index contributed by atoms with van der Waals surface area (Å²) in [6.07, 6.45) is 5.16. The fraction of sp³-hybridized carbons (Fsp3) is 0.500. The highest BCUT2D eigenvalue weighted by atomic mass is 15.0. The van der Waals surface area contributed by atoms with Gasteiger partial charge in [-0.15, -0.1) is 0 Å². The first-order valence-corrected chi connectivity index (χ1v) is 5.38. The van der Waals surface area contributed by atoms with Crippen LogP contribution in [-0.2, 0) is 0 Å². The molecule has 0 bridgehead atoms. The quantitative estimate of drug-likeness (QED) is 0.719. The van der Waals surface area contributed by atoms with Gasteiger partial charge in [0.2, 0.25) is 0 Å². The van der Waals surface area contributed by atoms with Crippen LogP contribution >= 0.6 is 0 Å². The molecule has 1 aromatic rings. The van der Waals surface area contributed by atoms with Gasteiger partial charge in [0.25, 0.3) is 0 Å². The van der Waals surface area contributed by atoms with E-state index in [4.69, 9.17) is 5.73 Å². The third kappa shape index (κ3) is 1.69. The van der Waals surface area contributed by atoms with E-state index in [2.05, 4.69) is 24.4 Å². The van der Waals surface area contributed by atoms with Gasteiger partial charge in [0.05, 0.1) is 0 Å². The van der Waals surface area contributed by atoms with E-state index in [0.29, 0.717) is 5.54 Å². The van der Waals surface area contributed by atoms with Crippen LogP contribution in [0, 0.1) is 0 Å². The molecule has 0 saturated heterocycles. The number of hydrogen-bond donors (Lipinski definition) is 2. The zero-order valence-corrected chi connectivity index (χ0v) is 8.72. The Morgan fingerprint density at radius 1 is 1.29 bits per heavy atom. The van der Waals surface area contributed by atoms with E-state index >= 15 is 0 Å². The highest BCUT2D eigenvalue weighted by Gasteiger charge is 2.34. The predicted molar refractivity (Wildman–Crippen MR) is 61.4 cm³/mol. The minimum absolute atomic E-state index is 0.371. The van der Waals surface area contributed by atoms with Gasteiger partial charge in [-0.1, -0.05) is 6.92 Å². The smallest absolute Gasteiger partial charge is 0.0371 e. The summed E-state index contributed by atoms with van der Waals surface area (Å²) in [6, 6.07) is 8.02. The molecule has 0 amide bonds. The second-order valence-electron chi connectivity index (χ2n) is 4.23. The number of nitrogens with one attached hydrogen (secondary N) is 1. The molecule has 1 aliphatic rings. The van der Waals surface area contributed by atoms with E-state index < -0.39 is 0 Å². The highest BCUT2D eigenvalue weighted by Crippen LogP contribution is 2.37. The molecule has 0 aromatic heterocycles. The van der Waals surface area contributed by atoms with Crippen molar-refractivity contribution in [2.75, 3.05) is 11.1 Å². The van der Waals surface area contributed by atoms with Crippen molar-refractivity contribution in [3.05, 3.63) is 24.3 Å². The molecule has 2 heteroatoms. The summed E-state index contributed by atoms with van der Waals surface area (Å²) < 4.78 is 0. The van der Waals surface area contributed by atoms with Crippen LogP contribution in [0.2, 0.25) is 0 Å². The van der Waals surface area contributed by atoms with Crippen molar-refractivity contribution in [3.8, 4) is 0 Å². The number of nitrogens with two attached hydrogens (primary N) is 1. The Kier molecular flexibility index (Phi) is 2.36. The summed E-state index contributed by atoms with van der Waals surface area (Å²) in [6.45, 7) is 2.25. The maximum Gasteiger partial charge on any atom is 0.0371 e. The fourth-order valence-electron chi connectivity index (χ4n) is 2.04. The van der Waals surface area contributed by atoms with Crippen LogP contribution in [-0.4, -0.2) is 5.54 Å². The number of anilines is 2. The first-order chi connectivity index (χ1) is 6.74. The third-order valence-corrected chi connectivity index (χ3v) is 3.31. The molecule has 1 saturated carbocycles. The molecule has 1 fully saturated rings. The largest absolute Gasteiger partial charge is 0.399 e. The molecule has 1 aromatic carbocycles. The van der Waals surface area contributed by atoms with E-state index in [1.165, 1.54) is 31.4 Å². The van der Waals surface area contributed by atoms with Gasteiger partial charge in [-0.05, 0) is 49.9 Å². The Morgan fingerprint density at radius 3 is 2.36 bits per heavy atom. The summed E-state index contributed by atoms with van der Waals surface area (Å²) >= 11 is 0. The molecule has 14 heavy (non-hydrogen) atoms. The Labute approximate surface area is 85.5 Å². The van der Waals surface area contributed by atoms with Gasteiger partial charge in [0.15, 0.2) is 0 Å². The molecular weight excluding hydrogens is 172 g/mol. The molecule has 0 heterocycles. The van der Waals surface area contributed by atoms with Crippen molar-refractivity contribution in [3.63, 3.8) is 0 Å². The Bertz CT molecular complexity index is 293. The Balaban J connectivity index is 2.06. The molecular formula is C12H18N2. The fourth-order valence-corrected chi connectivity index (χ4v) is 2.04. The molecule has 2 rings (SSSR count). The monoisotopic (exact) mass is 190 g/mol. The summed E-state index contributed by atoms with van der Waals surface area (Å²) in [5.41, 5.74) is 8.04. The molecule has 3 N–H and O–H groups in total. The molecule has 76 valence electrons. The normalized spacial score (nSPS) is 18.6. The minimum atomic E-state index is 0.371. The van der Waals surface area contributed by atoms with E-state index in [1.54, 1.807) is 0 Å². The lowest BCUT2D eigenvalue weighted by molar-refractivity contribution is 0.269. The third-order valence-electron chi connectivity index (χ3n) is 3.31. The summed E-state index contributed by atoms with van der Waals surface area (Å²) in [5.74, 6) is 0. The van der Waals surface area contributed by atoms with Gasteiger partial charge in [-0.3, -0.25) is 0 Å². The lowest BCUT2D eigenvalue weighted by Gasteiger charge is -2.43. The van der Waals surface area contributed by atoms with E-state index in [9.17, 15) is 0 Å². The average Bonchev–Trinajstić information content (AvgIpc) is 2.15. The van der Waals surface area contributed by atoms with Crippen LogP contribution in [0.15, 0.2) is 24.3 Å². The van der Waals surface area contributed by atoms with E-state index in [-0.39, 0.29) is 0 Å². The minimum Gasteiger partial charge on any atom is -0.399 e. The van der Waals surface area contributed by atoms with E-state index in [1.807, 2.05) is 12.1 Å². The number of hydrogen-bond acceptors (Lipinski definition) is 2. The predicted octanol–water partition coefficient (Wildman–Crippen LogP) is 3.01. The van der Waals surface area contributed by atoms with Crippen LogP contribution in [0.25, 0.3) is 0 Å². The van der Waals surface area contributed by atoms with Crippen molar-refractivity contribution in [1.29, 1.82) is 0 Å². The summed E-state index contributed by atoms with van der Waals surface area (Å²) in [7, 11) is 0. The van der Waals surface area contributed by atoms with Gasteiger partial charge in [-0.2, -0.15) is 0 Å². The van der Waals surface area contributed by atoms with Crippen LogP contribution in [0.1, 0.15) is 32.6 Å². The summed E-state index contributed by atoms with van der Waals surface area (Å²) in [5, 5.41) is 3.61. The van der Waals surface area contributed by atoms with Crippen molar-refractivity contribution in [2.45, 2.75) is 38.1 Å². The number of rotatable bonds is 3. The first kappa shape index (κ1) is 9.38. The van der Waals surface area contributed by atoms with Crippen molar-refractivity contribution < 1.29 is 0 Å². The Hall–Kier alpha value is -1.18. The molecule has 0 unspecified atom stereocenters. The van der Waals surface area contributed by atoms with Crippen LogP contribution in [0.4, 0.5) is 11.4 Å². The van der Waals surface area contributed by atoms with Crippen LogP contribution in [0.3, 0.4) is 0 Å². The molecule has 0 aliphatic heterocycles.